The normalized spacial score (nSPS) is 16.0. The first-order valence-electron chi connectivity index (χ1n) is 8.19. The Bertz CT molecular complexity index is 712. The summed E-state index contributed by atoms with van der Waals surface area (Å²) in [6, 6.07) is 8.58. The van der Waals surface area contributed by atoms with Crippen LogP contribution in [-0.2, 0) is 6.42 Å². The standard InChI is InChI=1S/C18H22N4O2/c1-22-10-7-13(8-11-22)12-16-20-9-6-17(21-16)24-15-5-3-2-4-14(15)18(19)23/h2-6,9,13H,7-8,10-12H2,1H3,(H2,19,23). The third-order valence-corrected chi connectivity index (χ3v) is 4.36. The number of nitrogens with zero attached hydrogens (tertiary/aromatic N) is 3. The van der Waals surface area contributed by atoms with Crippen LogP contribution in [0.4, 0.5) is 0 Å². The second-order valence-electron chi connectivity index (χ2n) is 6.22. The lowest BCUT2D eigenvalue weighted by molar-refractivity contribution is 0.0998. The van der Waals surface area contributed by atoms with Crippen molar-refractivity contribution in [1.29, 1.82) is 0 Å². The number of ether oxygens (including phenoxy) is 1. The van der Waals surface area contributed by atoms with E-state index in [0.717, 1.165) is 38.2 Å². The van der Waals surface area contributed by atoms with Gasteiger partial charge >= 0.3 is 0 Å². The lowest BCUT2D eigenvalue weighted by Crippen LogP contribution is -2.31. The maximum Gasteiger partial charge on any atom is 0.252 e. The van der Waals surface area contributed by atoms with Gasteiger partial charge in [-0.05, 0) is 51.0 Å². The molecule has 0 radical (unpaired) electrons. The summed E-state index contributed by atoms with van der Waals surface area (Å²) < 4.78 is 5.76. The van der Waals surface area contributed by atoms with Crippen molar-refractivity contribution in [1.82, 2.24) is 14.9 Å². The number of piperidine rings is 1. The Morgan fingerprint density at radius 1 is 1.29 bits per heavy atom. The third kappa shape index (κ3) is 4.08. The SMILES string of the molecule is CN1CCC(Cc2nccc(Oc3ccccc3C(N)=O)n2)CC1. The van der Waals surface area contributed by atoms with Crippen molar-refractivity contribution in [2.45, 2.75) is 19.3 Å². The van der Waals surface area contributed by atoms with E-state index in [0.29, 0.717) is 23.1 Å². The number of likely N-dealkylation sites (tertiary alicyclic amines) is 1. The number of nitrogens with two attached hydrogens (primary N) is 1. The molecule has 1 aliphatic rings. The highest BCUT2D eigenvalue weighted by Crippen LogP contribution is 2.24. The number of primary amides is 1. The van der Waals surface area contributed by atoms with Gasteiger partial charge in [0.15, 0.2) is 0 Å². The fourth-order valence-corrected chi connectivity index (χ4v) is 2.93. The molecule has 0 atom stereocenters. The summed E-state index contributed by atoms with van der Waals surface area (Å²) in [6.45, 7) is 2.24. The summed E-state index contributed by atoms with van der Waals surface area (Å²) >= 11 is 0. The number of para-hydroxylation sites is 1. The molecule has 1 fully saturated rings. The van der Waals surface area contributed by atoms with E-state index in [2.05, 4.69) is 21.9 Å². The Morgan fingerprint density at radius 3 is 2.79 bits per heavy atom. The van der Waals surface area contributed by atoms with Crippen molar-refractivity contribution >= 4 is 5.91 Å². The van der Waals surface area contributed by atoms with Gasteiger partial charge in [0.25, 0.3) is 5.91 Å². The largest absolute Gasteiger partial charge is 0.438 e. The van der Waals surface area contributed by atoms with Crippen LogP contribution in [0, 0.1) is 5.92 Å². The van der Waals surface area contributed by atoms with Crippen LogP contribution < -0.4 is 10.5 Å². The molecule has 24 heavy (non-hydrogen) atoms. The highest BCUT2D eigenvalue weighted by atomic mass is 16.5. The van der Waals surface area contributed by atoms with Gasteiger partial charge < -0.3 is 15.4 Å². The van der Waals surface area contributed by atoms with Gasteiger partial charge in [-0.2, -0.15) is 4.98 Å². The Labute approximate surface area is 141 Å². The molecule has 2 N–H and O–H groups in total. The fraction of sp³-hybridized carbons (Fsp3) is 0.389. The van der Waals surface area contributed by atoms with Gasteiger partial charge in [0.2, 0.25) is 5.88 Å². The van der Waals surface area contributed by atoms with Crippen molar-refractivity contribution < 1.29 is 9.53 Å². The zero-order valence-electron chi connectivity index (χ0n) is 13.8. The molecule has 3 rings (SSSR count). The maximum absolute atomic E-state index is 11.5. The third-order valence-electron chi connectivity index (χ3n) is 4.36. The van der Waals surface area contributed by atoms with Crippen molar-refractivity contribution in [3.05, 3.63) is 47.9 Å². The number of hydrogen-bond donors (Lipinski definition) is 1. The van der Waals surface area contributed by atoms with Gasteiger partial charge in [0, 0.05) is 18.7 Å². The molecule has 1 amide bonds. The van der Waals surface area contributed by atoms with Crippen molar-refractivity contribution in [2.75, 3.05) is 20.1 Å². The minimum Gasteiger partial charge on any atom is -0.438 e. The molecule has 6 heteroatoms. The number of amides is 1. The van der Waals surface area contributed by atoms with Gasteiger partial charge in [-0.15, -0.1) is 0 Å². The van der Waals surface area contributed by atoms with Crippen molar-refractivity contribution in [3.63, 3.8) is 0 Å². The first-order valence-corrected chi connectivity index (χ1v) is 8.19. The van der Waals surface area contributed by atoms with E-state index in [1.54, 1.807) is 36.5 Å². The van der Waals surface area contributed by atoms with Gasteiger partial charge in [0.05, 0.1) is 5.56 Å². The smallest absolute Gasteiger partial charge is 0.252 e. The number of benzene rings is 1. The molecule has 1 aliphatic heterocycles. The highest BCUT2D eigenvalue weighted by Gasteiger charge is 2.18. The zero-order valence-corrected chi connectivity index (χ0v) is 13.8. The summed E-state index contributed by atoms with van der Waals surface area (Å²) in [5.74, 6) is 1.70. The minimum atomic E-state index is -0.522. The summed E-state index contributed by atoms with van der Waals surface area (Å²) in [5.41, 5.74) is 5.72. The zero-order chi connectivity index (χ0) is 16.9. The second-order valence-corrected chi connectivity index (χ2v) is 6.22. The van der Waals surface area contributed by atoms with Crippen LogP contribution in [0.3, 0.4) is 0 Å². The van der Waals surface area contributed by atoms with Gasteiger partial charge in [-0.3, -0.25) is 4.79 Å². The van der Waals surface area contributed by atoms with Crippen molar-refractivity contribution in [3.8, 4) is 11.6 Å². The number of hydrogen-bond acceptors (Lipinski definition) is 5. The molecule has 1 aromatic heterocycles. The minimum absolute atomic E-state index is 0.341. The molecule has 0 unspecified atom stereocenters. The quantitative estimate of drug-likeness (QED) is 0.911. The van der Waals surface area contributed by atoms with Crippen LogP contribution in [0.2, 0.25) is 0 Å². The summed E-state index contributed by atoms with van der Waals surface area (Å²) in [4.78, 5) is 22.7. The highest BCUT2D eigenvalue weighted by molar-refractivity contribution is 5.95. The molecular formula is C18H22N4O2. The molecule has 6 nitrogen and oxygen atoms in total. The first kappa shape index (κ1) is 16.4. The Hall–Kier alpha value is -2.47. The van der Waals surface area contributed by atoms with E-state index in [-0.39, 0.29) is 0 Å². The average molecular weight is 326 g/mol. The first-order chi connectivity index (χ1) is 11.6. The monoisotopic (exact) mass is 326 g/mol. The molecule has 1 saturated heterocycles. The van der Waals surface area contributed by atoms with Gasteiger partial charge in [-0.1, -0.05) is 12.1 Å². The summed E-state index contributed by atoms with van der Waals surface area (Å²) in [5, 5.41) is 0. The lowest BCUT2D eigenvalue weighted by atomic mass is 9.93. The van der Waals surface area contributed by atoms with Crippen LogP contribution in [0.25, 0.3) is 0 Å². The number of rotatable bonds is 5. The molecule has 0 saturated carbocycles. The molecule has 0 bridgehead atoms. The van der Waals surface area contributed by atoms with Gasteiger partial charge in [0.1, 0.15) is 11.6 Å². The predicted octanol–water partition coefficient (Wildman–Crippen LogP) is 2.25. The van der Waals surface area contributed by atoms with E-state index >= 15 is 0 Å². The van der Waals surface area contributed by atoms with Crippen LogP contribution in [0.5, 0.6) is 11.6 Å². The fourth-order valence-electron chi connectivity index (χ4n) is 2.93. The molecule has 2 aromatic rings. The maximum atomic E-state index is 11.5. The predicted molar refractivity (Wildman–Crippen MR) is 91.0 cm³/mol. The molecule has 1 aromatic carbocycles. The molecular weight excluding hydrogens is 304 g/mol. The van der Waals surface area contributed by atoms with Crippen LogP contribution >= 0.6 is 0 Å². The van der Waals surface area contributed by atoms with Gasteiger partial charge in [-0.25, -0.2) is 4.98 Å². The number of carbonyl (C=O) groups excluding carboxylic acids is 1. The molecule has 0 spiro atoms. The van der Waals surface area contributed by atoms with E-state index in [1.165, 1.54) is 0 Å². The number of aromatic nitrogens is 2. The summed E-state index contributed by atoms with van der Waals surface area (Å²) in [6.07, 6.45) is 4.87. The van der Waals surface area contributed by atoms with E-state index < -0.39 is 5.91 Å². The van der Waals surface area contributed by atoms with E-state index in [9.17, 15) is 4.79 Å². The topological polar surface area (TPSA) is 81.3 Å². The number of carbonyl (C=O) groups is 1. The van der Waals surface area contributed by atoms with Crippen LogP contribution in [0.15, 0.2) is 36.5 Å². The Kier molecular flexibility index (Phi) is 5.05. The van der Waals surface area contributed by atoms with Crippen LogP contribution in [0.1, 0.15) is 29.0 Å². The van der Waals surface area contributed by atoms with E-state index in [4.69, 9.17) is 10.5 Å². The molecule has 126 valence electrons. The Morgan fingerprint density at radius 2 is 2.04 bits per heavy atom. The Balaban J connectivity index is 1.71. The second kappa shape index (κ2) is 7.40. The molecule has 2 heterocycles. The average Bonchev–Trinajstić information content (AvgIpc) is 2.58. The lowest BCUT2D eigenvalue weighted by Gasteiger charge is -2.28. The summed E-state index contributed by atoms with van der Waals surface area (Å²) in [7, 11) is 2.15. The van der Waals surface area contributed by atoms with Crippen molar-refractivity contribution in [2.24, 2.45) is 11.7 Å². The van der Waals surface area contributed by atoms with E-state index in [1.807, 2.05) is 0 Å². The molecule has 0 aliphatic carbocycles. The van der Waals surface area contributed by atoms with Crippen LogP contribution in [-0.4, -0.2) is 40.9 Å².